The third kappa shape index (κ3) is 1.75. The van der Waals surface area contributed by atoms with Crippen LogP contribution in [0.5, 0.6) is 5.75 Å². The van der Waals surface area contributed by atoms with Crippen molar-refractivity contribution < 1.29 is 14.3 Å². The first-order valence-corrected chi connectivity index (χ1v) is 5.33. The number of methoxy groups -OCH3 is 2. The molecule has 0 aliphatic heterocycles. The van der Waals surface area contributed by atoms with Crippen LogP contribution in [0.15, 0.2) is 12.1 Å². The topological polar surface area (TPSA) is 51.3 Å². The molecule has 2 aromatic rings. The number of aromatic amines is 1. The molecule has 4 heteroatoms. The van der Waals surface area contributed by atoms with Crippen LogP contribution >= 0.6 is 0 Å². The monoisotopic (exact) mass is 233 g/mol. The molecule has 4 nitrogen and oxygen atoms in total. The fourth-order valence-corrected chi connectivity index (χ4v) is 2.00. The van der Waals surface area contributed by atoms with Crippen LogP contribution in [0.2, 0.25) is 0 Å². The molecule has 0 saturated carbocycles. The highest BCUT2D eigenvalue weighted by Gasteiger charge is 2.14. The van der Waals surface area contributed by atoms with Gasteiger partial charge in [0.05, 0.1) is 19.7 Å². The minimum atomic E-state index is -0.362. The molecule has 17 heavy (non-hydrogen) atoms. The van der Waals surface area contributed by atoms with Gasteiger partial charge in [0.2, 0.25) is 0 Å². The third-order valence-electron chi connectivity index (χ3n) is 2.96. The second-order valence-electron chi connectivity index (χ2n) is 3.98. The fraction of sp³-hybridized carbons (Fsp3) is 0.308. The molecule has 0 radical (unpaired) electrons. The number of carbonyl (C=O) groups excluding carboxylic acids is 1. The highest BCUT2D eigenvalue weighted by Crippen LogP contribution is 2.30. The Balaban J connectivity index is 2.72. The van der Waals surface area contributed by atoms with Crippen molar-refractivity contribution in [2.45, 2.75) is 13.8 Å². The molecule has 1 heterocycles. The Labute approximate surface area is 99.5 Å². The van der Waals surface area contributed by atoms with Gasteiger partial charge in [0.1, 0.15) is 11.4 Å². The van der Waals surface area contributed by atoms with Gasteiger partial charge in [-0.2, -0.15) is 0 Å². The minimum Gasteiger partial charge on any atom is -0.496 e. The lowest BCUT2D eigenvalue weighted by Crippen LogP contribution is -2.00. The number of hydrogen-bond donors (Lipinski definition) is 1. The molecule has 1 aromatic heterocycles. The molecular formula is C13H15NO3. The summed E-state index contributed by atoms with van der Waals surface area (Å²) in [6.07, 6.45) is 0. The second kappa shape index (κ2) is 4.13. The largest absolute Gasteiger partial charge is 0.496 e. The Bertz CT molecular complexity index is 584. The molecule has 0 saturated heterocycles. The Hall–Kier alpha value is -1.97. The summed E-state index contributed by atoms with van der Waals surface area (Å²) in [4.78, 5) is 14.6. The van der Waals surface area contributed by atoms with E-state index in [9.17, 15) is 4.79 Å². The Kier molecular flexibility index (Phi) is 2.79. The minimum absolute atomic E-state index is 0.362. The van der Waals surface area contributed by atoms with Crippen LogP contribution in [0.25, 0.3) is 10.9 Å². The number of esters is 1. The van der Waals surface area contributed by atoms with Crippen molar-refractivity contribution in [3.05, 3.63) is 29.0 Å². The molecule has 0 bridgehead atoms. The van der Waals surface area contributed by atoms with Gasteiger partial charge in [0.25, 0.3) is 0 Å². The molecule has 1 N–H and O–H groups in total. The Morgan fingerprint density at radius 1 is 1.24 bits per heavy atom. The number of carbonyl (C=O) groups is 1. The molecule has 0 fully saturated rings. The van der Waals surface area contributed by atoms with Crippen molar-refractivity contribution in [3.63, 3.8) is 0 Å². The Morgan fingerprint density at radius 3 is 2.53 bits per heavy atom. The van der Waals surface area contributed by atoms with Crippen LogP contribution in [0.4, 0.5) is 0 Å². The van der Waals surface area contributed by atoms with E-state index >= 15 is 0 Å². The van der Waals surface area contributed by atoms with E-state index < -0.39 is 0 Å². The molecule has 0 atom stereocenters. The summed E-state index contributed by atoms with van der Waals surface area (Å²) in [7, 11) is 3.01. The summed E-state index contributed by atoms with van der Waals surface area (Å²) in [6.45, 7) is 3.94. The summed E-state index contributed by atoms with van der Waals surface area (Å²) >= 11 is 0. The molecule has 0 amide bonds. The van der Waals surface area contributed by atoms with E-state index in [2.05, 4.69) is 4.98 Å². The van der Waals surface area contributed by atoms with Gasteiger partial charge in [-0.25, -0.2) is 4.79 Å². The van der Waals surface area contributed by atoms with Crippen molar-refractivity contribution in [2.75, 3.05) is 14.2 Å². The SMILES string of the molecule is COC(=O)c1cc2c(C)cc(OC)c(C)c2[nH]1. The first-order chi connectivity index (χ1) is 8.08. The van der Waals surface area contributed by atoms with Gasteiger partial charge in [-0.1, -0.05) is 0 Å². The van der Waals surface area contributed by atoms with E-state index in [0.29, 0.717) is 5.69 Å². The van der Waals surface area contributed by atoms with Gasteiger partial charge < -0.3 is 14.5 Å². The third-order valence-corrected chi connectivity index (χ3v) is 2.96. The quantitative estimate of drug-likeness (QED) is 0.811. The molecule has 90 valence electrons. The number of nitrogens with one attached hydrogen (secondary N) is 1. The van der Waals surface area contributed by atoms with Gasteiger partial charge in [-0.05, 0) is 31.5 Å². The standard InChI is InChI=1S/C13H15NO3/c1-7-5-11(16-3)8(2)12-9(7)6-10(14-12)13(15)17-4/h5-6,14H,1-4H3. The lowest BCUT2D eigenvalue weighted by atomic mass is 10.1. The maximum absolute atomic E-state index is 11.5. The first-order valence-electron chi connectivity index (χ1n) is 5.33. The normalized spacial score (nSPS) is 10.6. The number of hydrogen-bond acceptors (Lipinski definition) is 3. The average Bonchev–Trinajstić information content (AvgIpc) is 2.78. The zero-order valence-electron chi connectivity index (χ0n) is 10.4. The number of benzene rings is 1. The number of rotatable bonds is 2. The number of H-pyrrole nitrogens is 1. The Morgan fingerprint density at radius 2 is 1.94 bits per heavy atom. The number of aryl methyl sites for hydroxylation is 2. The molecule has 1 aromatic carbocycles. The summed E-state index contributed by atoms with van der Waals surface area (Å²) < 4.78 is 9.99. The van der Waals surface area contributed by atoms with Gasteiger partial charge in [0.15, 0.2) is 0 Å². The molecule has 2 rings (SSSR count). The maximum Gasteiger partial charge on any atom is 0.354 e. The van der Waals surface area contributed by atoms with Crippen molar-refractivity contribution in [2.24, 2.45) is 0 Å². The number of fused-ring (bicyclic) bond motifs is 1. The fourth-order valence-electron chi connectivity index (χ4n) is 2.00. The molecule has 0 aliphatic carbocycles. The zero-order chi connectivity index (χ0) is 12.6. The van der Waals surface area contributed by atoms with Crippen molar-refractivity contribution in [1.82, 2.24) is 4.98 Å². The van der Waals surface area contributed by atoms with Gasteiger partial charge in [-0.3, -0.25) is 0 Å². The smallest absolute Gasteiger partial charge is 0.354 e. The summed E-state index contributed by atoms with van der Waals surface area (Å²) in [6, 6.07) is 3.77. The molecule has 0 unspecified atom stereocenters. The maximum atomic E-state index is 11.5. The highest BCUT2D eigenvalue weighted by atomic mass is 16.5. The van der Waals surface area contributed by atoms with Gasteiger partial charge in [-0.15, -0.1) is 0 Å². The number of ether oxygens (including phenoxy) is 2. The van der Waals surface area contributed by atoms with E-state index in [1.807, 2.05) is 26.0 Å². The predicted molar refractivity (Wildman–Crippen MR) is 65.7 cm³/mol. The summed E-state index contributed by atoms with van der Waals surface area (Å²) in [5.74, 6) is 0.451. The van der Waals surface area contributed by atoms with E-state index in [1.54, 1.807) is 7.11 Å². The highest BCUT2D eigenvalue weighted by molar-refractivity contribution is 5.97. The van der Waals surface area contributed by atoms with Crippen molar-refractivity contribution in [1.29, 1.82) is 0 Å². The molecule has 0 aliphatic rings. The zero-order valence-corrected chi connectivity index (χ0v) is 10.4. The molecular weight excluding hydrogens is 218 g/mol. The van der Waals surface area contributed by atoms with Crippen LogP contribution in [0.1, 0.15) is 21.6 Å². The summed E-state index contributed by atoms with van der Waals surface area (Å²) in [5, 5.41) is 1.02. The lowest BCUT2D eigenvalue weighted by Gasteiger charge is -2.07. The molecule has 0 spiro atoms. The van der Waals surface area contributed by atoms with Crippen molar-refractivity contribution >= 4 is 16.9 Å². The van der Waals surface area contributed by atoms with Crippen LogP contribution in [0.3, 0.4) is 0 Å². The lowest BCUT2D eigenvalue weighted by molar-refractivity contribution is 0.0595. The van der Waals surface area contributed by atoms with E-state index in [4.69, 9.17) is 9.47 Å². The van der Waals surface area contributed by atoms with Crippen molar-refractivity contribution in [3.8, 4) is 5.75 Å². The van der Waals surface area contributed by atoms with Gasteiger partial charge >= 0.3 is 5.97 Å². The van der Waals surface area contributed by atoms with Gasteiger partial charge in [0, 0.05) is 10.9 Å². The van der Waals surface area contributed by atoms with Crippen LogP contribution in [-0.2, 0) is 4.74 Å². The van der Waals surface area contributed by atoms with Crippen LogP contribution < -0.4 is 4.74 Å². The van der Waals surface area contributed by atoms with E-state index in [1.165, 1.54) is 7.11 Å². The van der Waals surface area contributed by atoms with Crippen LogP contribution in [0, 0.1) is 13.8 Å². The van der Waals surface area contributed by atoms with E-state index in [0.717, 1.165) is 27.8 Å². The number of aromatic nitrogens is 1. The first kappa shape index (κ1) is 11.5. The van der Waals surface area contributed by atoms with E-state index in [-0.39, 0.29) is 5.97 Å². The van der Waals surface area contributed by atoms with Crippen LogP contribution in [-0.4, -0.2) is 25.2 Å². The average molecular weight is 233 g/mol. The summed E-state index contributed by atoms with van der Waals surface area (Å²) in [5.41, 5.74) is 3.43. The second-order valence-corrected chi connectivity index (χ2v) is 3.98. The predicted octanol–water partition coefficient (Wildman–Crippen LogP) is 2.58.